The van der Waals surface area contributed by atoms with Gasteiger partial charge in [-0.05, 0) is 49.2 Å². The van der Waals surface area contributed by atoms with Crippen LogP contribution in [0.1, 0.15) is 16.8 Å². The molecule has 0 saturated carbocycles. The van der Waals surface area contributed by atoms with E-state index in [4.69, 9.17) is 5.26 Å². The maximum atomic E-state index is 8.95. The summed E-state index contributed by atoms with van der Waals surface area (Å²) in [4.78, 5) is 4.01. The van der Waals surface area contributed by atoms with Crippen LogP contribution in [0.4, 0.5) is 11.4 Å². The van der Waals surface area contributed by atoms with Crippen molar-refractivity contribution in [1.82, 2.24) is 4.98 Å². The Labute approximate surface area is 101 Å². The minimum atomic E-state index is 0.409. The van der Waals surface area contributed by atoms with Crippen molar-refractivity contribution in [3.63, 3.8) is 0 Å². The number of aryl methyl sites for hydroxylation is 2. The summed E-state index contributed by atoms with van der Waals surface area (Å²) in [6.45, 7) is 4.10. The molecule has 84 valence electrons. The van der Waals surface area contributed by atoms with Gasteiger partial charge in [0.05, 0.1) is 5.69 Å². The highest BCUT2D eigenvalue weighted by Crippen LogP contribution is 2.20. The Morgan fingerprint density at radius 1 is 1.18 bits per heavy atom. The predicted octanol–water partition coefficient (Wildman–Crippen LogP) is 3.31. The summed E-state index contributed by atoms with van der Waals surface area (Å²) in [7, 11) is 0. The van der Waals surface area contributed by atoms with E-state index in [-0.39, 0.29) is 0 Å². The molecule has 3 heteroatoms. The van der Waals surface area contributed by atoms with Gasteiger partial charge < -0.3 is 5.32 Å². The Hall–Kier alpha value is -2.34. The van der Waals surface area contributed by atoms with Crippen LogP contribution in [0.3, 0.4) is 0 Å². The average Bonchev–Trinajstić information content (AvgIpc) is 2.28. The first-order valence-corrected chi connectivity index (χ1v) is 5.39. The molecule has 1 aromatic heterocycles. The average molecular weight is 223 g/mol. The monoisotopic (exact) mass is 223 g/mol. The van der Waals surface area contributed by atoms with Gasteiger partial charge in [-0.2, -0.15) is 5.26 Å². The quantitative estimate of drug-likeness (QED) is 0.849. The van der Waals surface area contributed by atoms with E-state index in [1.807, 2.05) is 38.1 Å². The first-order valence-electron chi connectivity index (χ1n) is 5.39. The zero-order valence-electron chi connectivity index (χ0n) is 9.86. The molecule has 0 saturated heterocycles. The van der Waals surface area contributed by atoms with Crippen molar-refractivity contribution in [2.24, 2.45) is 0 Å². The van der Waals surface area contributed by atoms with Gasteiger partial charge in [-0.15, -0.1) is 0 Å². The summed E-state index contributed by atoms with van der Waals surface area (Å²) >= 11 is 0. The fourth-order valence-corrected chi connectivity index (χ4v) is 1.80. The van der Waals surface area contributed by atoms with Crippen LogP contribution in [-0.2, 0) is 0 Å². The molecule has 0 amide bonds. The number of benzene rings is 1. The van der Waals surface area contributed by atoms with Crippen LogP contribution in [0, 0.1) is 25.2 Å². The molecule has 1 heterocycles. The number of rotatable bonds is 2. The fraction of sp³-hybridized carbons (Fsp3) is 0.143. The smallest absolute Gasteiger partial charge is 0.163 e. The highest BCUT2D eigenvalue weighted by molar-refractivity contribution is 5.65. The Morgan fingerprint density at radius 2 is 1.88 bits per heavy atom. The molecular formula is C14H13N3. The summed E-state index contributed by atoms with van der Waals surface area (Å²) < 4.78 is 0. The summed E-state index contributed by atoms with van der Waals surface area (Å²) in [6, 6.07) is 11.9. The second-order valence-electron chi connectivity index (χ2n) is 4.01. The molecule has 0 aliphatic rings. The van der Waals surface area contributed by atoms with E-state index < -0.39 is 0 Å². The molecule has 2 rings (SSSR count). The van der Waals surface area contributed by atoms with Gasteiger partial charge in [-0.1, -0.05) is 6.07 Å². The van der Waals surface area contributed by atoms with Gasteiger partial charge in [-0.3, -0.25) is 0 Å². The highest BCUT2D eigenvalue weighted by atomic mass is 14.9. The van der Waals surface area contributed by atoms with Crippen molar-refractivity contribution in [2.45, 2.75) is 13.8 Å². The van der Waals surface area contributed by atoms with E-state index in [0.717, 1.165) is 11.4 Å². The van der Waals surface area contributed by atoms with Crippen molar-refractivity contribution >= 4 is 11.4 Å². The van der Waals surface area contributed by atoms with Gasteiger partial charge >= 0.3 is 0 Å². The summed E-state index contributed by atoms with van der Waals surface area (Å²) in [6.07, 6.45) is 1.62. The minimum Gasteiger partial charge on any atom is -0.353 e. The lowest BCUT2D eigenvalue weighted by atomic mass is 10.1. The van der Waals surface area contributed by atoms with Crippen molar-refractivity contribution < 1.29 is 0 Å². The van der Waals surface area contributed by atoms with Crippen LogP contribution in [0.5, 0.6) is 0 Å². The number of aromatic nitrogens is 1. The van der Waals surface area contributed by atoms with E-state index in [1.54, 1.807) is 6.20 Å². The molecular weight excluding hydrogens is 210 g/mol. The van der Waals surface area contributed by atoms with E-state index >= 15 is 0 Å². The number of nitrogens with one attached hydrogen (secondary N) is 1. The van der Waals surface area contributed by atoms with Crippen LogP contribution in [0.2, 0.25) is 0 Å². The zero-order chi connectivity index (χ0) is 12.3. The number of pyridine rings is 1. The van der Waals surface area contributed by atoms with Crippen molar-refractivity contribution in [2.75, 3.05) is 5.32 Å². The van der Waals surface area contributed by atoms with Crippen molar-refractivity contribution in [3.05, 3.63) is 53.3 Å². The van der Waals surface area contributed by atoms with Crippen LogP contribution >= 0.6 is 0 Å². The lowest BCUT2D eigenvalue weighted by Crippen LogP contribution is -1.96. The van der Waals surface area contributed by atoms with Gasteiger partial charge in [0.15, 0.2) is 5.69 Å². The molecule has 1 aromatic carbocycles. The molecule has 0 atom stereocenters. The molecule has 2 aromatic rings. The van der Waals surface area contributed by atoms with E-state index in [0.29, 0.717) is 5.69 Å². The maximum Gasteiger partial charge on any atom is 0.163 e. The van der Waals surface area contributed by atoms with Crippen molar-refractivity contribution in [1.29, 1.82) is 5.26 Å². The summed E-state index contributed by atoms with van der Waals surface area (Å²) in [5.41, 5.74) is 4.50. The van der Waals surface area contributed by atoms with Crippen LogP contribution in [-0.4, -0.2) is 4.98 Å². The molecule has 0 unspecified atom stereocenters. The minimum absolute atomic E-state index is 0.409. The van der Waals surface area contributed by atoms with E-state index in [1.165, 1.54) is 11.1 Å². The Kier molecular flexibility index (Phi) is 3.06. The fourth-order valence-electron chi connectivity index (χ4n) is 1.80. The second kappa shape index (κ2) is 4.67. The molecule has 0 bridgehead atoms. The Balaban J connectivity index is 2.35. The first kappa shape index (κ1) is 11.2. The first-order chi connectivity index (χ1) is 8.19. The van der Waals surface area contributed by atoms with E-state index in [2.05, 4.69) is 22.4 Å². The lowest BCUT2D eigenvalue weighted by Gasteiger charge is -2.09. The topological polar surface area (TPSA) is 48.7 Å². The van der Waals surface area contributed by atoms with Gasteiger partial charge in [0.1, 0.15) is 6.07 Å². The standard InChI is InChI=1S/C14H13N3/c1-10-6-11(2)8-12(7-10)17-13-4-3-5-16-14(13)9-15/h3-8,17H,1-2H3. The molecule has 0 spiro atoms. The van der Waals surface area contributed by atoms with E-state index in [9.17, 15) is 0 Å². The number of hydrogen-bond donors (Lipinski definition) is 1. The third-order valence-corrected chi connectivity index (χ3v) is 2.41. The second-order valence-corrected chi connectivity index (χ2v) is 4.01. The predicted molar refractivity (Wildman–Crippen MR) is 68.2 cm³/mol. The zero-order valence-corrected chi connectivity index (χ0v) is 9.86. The van der Waals surface area contributed by atoms with Gasteiger partial charge in [0.25, 0.3) is 0 Å². The van der Waals surface area contributed by atoms with Gasteiger partial charge in [-0.25, -0.2) is 4.98 Å². The molecule has 17 heavy (non-hydrogen) atoms. The highest BCUT2D eigenvalue weighted by Gasteiger charge is 2.03. The summed E-state index contributed by atoms with van der Waals surface area (Å²) in [5, 5.41) is 12.2. The molecule has 0 aliphatic heterocycles. The number of nitriles is 1. The Morgan fingerprint density at radius 3 is 2.53 bits per heavy atom. The molecule has 3 nitrogen and oxygen atoms in total. The molecule has 1 N–H and O–H groups in total. The number of hydrogen-bond acceptors (Lipinski definition) is 3. The SMILES string of the molecule is Cc1cc(C)cc(Nc2cccnc2C#N)c1. The van der Waals surface area contributed by atoms with Crippen LogP contribution in [0.25, 0.3) is 0 Å². The third kappa shape index (κ3) is 2.61. The van der Waals surface area contributed by atoms with Crippen molar-refractivity contribution in [3.8, 4) is 6.07 Å². The summed E-state index contributed by atoms with van der Waals surface area (Å²) in [5.74, 6) is 0. The molecule has 0 aliphatic carbocycles. The largest absolute Gasteiger partial charge is 0.353 e. The normalized spacial score (nSPS) is 9.71. The Bertz CT molecular complexity index is 562. The maximum absolute atomic E-state index is 8.95. The molecule has 0 radical (unpaired) electrons. The van der Waals surface area contributed by atoms with Gasteiger partial charge in [0, 0.05) is 11.9 Å². The third-order valence-electron chi connectivity index (χ3n) is 2.41. The van der Waals surface area contributed by atoms with Crippen LogP contribution in [0.15, 0.2) is 36.5 Å². The molecule has 0 fully saturated rings. The number of nitrogens with zero attached hydrogens (tertiary/aromatic N) is 2. The lowest BCUT2D eigenvalue weighted by molar-refractivity contribution is 1.26. The van der Waals surface area contributed by atoms with Crippen LogP contribution < -0.4 is 5.32 Å². The van der Waals surface area contributed by atoms with Gasteiger partial charge in [0.2, 0.25) is 0 Å². The number of anilines is 2.